The van der Waals surface area contributed by atoms with Crippen molar-refractivity contribution in [2.24, 2.45) is 0 Å². The highest BCUT2D eigenvalue weighted by Gasteiger charge is 2.16. The SMILES string of the molecule is C[C@H](NC(=O)c1ccc(Cn2nnc3ccccc32)cc1)c1ccc2c(c1)OCCO2. The maximum Gasteiger partial charge on any atom is 0.251 e. The second kappa shape index (κ2) is 8.10. The lowest BCUT2D eigenvalue weighted by atomic mass is 10.1. The van der Waals surface area contributed by atoms with Gasteiger partial charge in [-0.05, 0) is 54.4 Å². The lowest BCUT2D eigenvalue weighted by molar-refractivity contribution is 0.0939. The van der Waals surface area contributed by atoms with Gasteiger partial charge in [0.05, 0.1) is 18.1 Å². The van der Waals surface area contributed by atoms with Crippen LogP contribution in [0.15, 0.2) is 66.7 Å². The molecule has 0 radical (unpaired) electrons. The number of amides is 1. The lowest BCUT2D eigenvalue weighted by Crippen LogP contribution is -2.26. The van der Waals surface area contributed by atoms with Gasteiger partial charge in [0, 0.05) is 5.56 Å². The fourth-order valence-corrected chi connectivity index (χ4v) is 3.66. The van der Waals surface area contributed by atoms with E-state index in [1.54, 1.807) is 0 Å². The van der Waals surface area contributed by atoms with E-state index in [1.165, 1.54) is 0 Å². The molecule has 1 aliphatic heterocycles. The molecule has 7 nitrogen and oxygen atoms in total. The second-order valence-electron chi connectivity index (χ2n) is 7.53. The van der Waals surface area contributed by atoms with Crippen LogP contribution in [0.25, 0.3) is 11.0 Å². The first-order valence-electron chi connectivity index (χ1n) is 10.2. The average Bonchev–Trinajstić information content (AvgIpc) is 3.22. The van der Waals surface area contributed by atoms with Crippen molar-refractivity contribution in [3.05, 3.63) is 83.4 Å². The van der Waals surface area contributed by atoms with Crippen LogP contribution in [0, 0.1) is 0 Å². The van der Waals surface area contributed by atoms with Crippen molar-refractivity contribution in [2.45, 2.75) is 19.5 Å². The molecule has 4 aromatic rings. The zero-order chi connectivity index (χ0) is 21.2. The molecule has 0 saturated carbocycles. The standard InChI is InChI=1S/C24H22N4O3/c1-16(19-10-11-22-23(14-19)31-13-12-30-22)25-24(29)18-8-6-17(7-9-18)15-28-21-5-3-2-4-20(21)26-27-28/h2-11,14,16H,12-13,15H2,1H3,(H,25,29)/t16-/m0/s1. The van der Waals surface area contributed by atoms with Crippen LogP contribution in [0.5, 0.6) is 11.5 Å². The van der Waals surface area contributed by atoms with E-state index in [4.69, 9.17) is 9.47 Å². The summed E-state index contributed by atoms with van der Waals surface area (Å²) >= 11 is 0. The smallest absolute Gasteiger partial charge is 0.251 e. The Morgan fingerprint density at radius 1 is 1.03 bits per heavy atom. The van der Waals surface area contributed by atoms with Gasteiger partial charge in [0.25, 0.3) is 5.91 Å². The summed E-state index contributed by atoms with van der Waals surface area (Å²) in [5.74, 6) is 1.33. The van der Waals surface area contributed by atoms with Crippen molar-refractivity contribution in [1.82, 2.24) is 20.3 Å². The van der Waals surface area contributed by atoms with E-state index in [2.05, 4.69) is 15.6 Å². The van der Waals surface area contributed by atoms with Crippen LogP contribution >= 0.6 is 0 Å². The van der Waals surface area contributed by atoms with Gasteiger partial charge in [0.1, 0.15) is 18.7 Å². The summed E-state index contributed by atoms with van der Waals surface area (Å²) in [6.45, 7) is 3.64. The van der Waals surface area contributed by atoms with E-state index in [-0.39, 0.29) is 11.9 Å². The number of hydrogen-bond acceptors (Lipinski definition) is 5. The fraction of sp³-hybridized carbons (Fsp3) is 0.208. The van der Waals surface area contributed by atoms with Gasteiger partial charge in [-0.3, -0.25) is 4.79 Å². The van der Waals surface area contributed by atoms with Crippen LogP contribution in [-0.4, -0.2) is 34.1 Å². The summed E-state index contributed by atoms with van der Waals surface area (Å²) in [7, 11) is 0. The van der Waals surface area contributed by atoms with Crippen molar-refractivity contribution in [3.8, 4) is 11.5 Å². The number of carbonyl (C=O) groups excluding carboxylic acids is 1. The number of benzene rings is 3. The Kier molecular flexibility index (Phi) is 5.00. The predicted octanol–water partition coefficient (Wildman–Crippen LogP) is 3.74. The topological polar surface area (TPSA) is 78.3 Å². The van der Waals surface area contributed by atoms with E-state index in [0.717, 1.165) is 33.7 Å². The first-order chi connectivity index (χ1) is 15.2. The third-order valence-corrected chi connectivity index (χ3v) is 5.38. The van der Waals surface area contributed by atoms with Crippen molar-refractivity contribution >= 4 is 16.9 Å². The van der Waals surface area contributed by atoms with Gasteiger partial charge in [-0.25, -0.2) is 4.68 Å². The van der Waals surface area contributed by atoms with Crippen LogP contribution in [0.1, 0.15) is 34.5 Å². The number of hydrogen-bond donors (Lipinski definition) is 1. The van der Waals surface area contributed by atoms with Crippen LogP contribution in [-0.2, 0) is 6.54 Å². The van der Waals surface area contributed by atoms with Gasteiger partial charge in [0.2, 0.25) is 0 Å². The number of fused-ring (bicyclic) bond motifs is 2. The monoisotopic (exact) mass is 414 g/mol. The molecule has 1 atom stereocenters. The molecule has 0 saturated heterocycles. The van der Waals surface area contributed by atoms with E-state index >= 15 is 0 Å². The summed E-state index contributed by atoms with van der Waals surface area (Å²) < 4.78 is 13.1. The summed E-state index contributed by atoms with van der Waals surface area (Å²) in [6.07, 6.45) is 0. The minimum Gasteiger partial charge on any atom is -0.486 e. The van der Waals surface area contributed by atoms with E-state index in [9.17, 15) is 4.79 Å². The largest absolute Gasteiger partial charge is 0.486 e. The maximum absolute atomic E-state index is 12.7. The van der Waals surface area contributed by atoms with E-state index in [1.807, 2.05) is 78.3 Å². The number of nitrogens with one attached hydrogen (secondary N) is 1. The Morgan fingerprint density at radius 3 is 2.65 bits per heavy atom. The molecule has 1 amide bonds. The highest BCUT2D eigenvalue weighted by molar-refractivity contribution is 5.94. The third-order valence-electron chi connectivity index (χ3n) is 5.38. The number of ether oxygens (including phenoxy) is 2. The first-order valence-corrected chi connectivity index (χ1v) is 10.2. The normalized spacial score (nSPS) is 13.7. The summed E-state index contributed by atoms with van der Waals surface area (Å²) in [5, 5.41) is 11.4. The molecular weight excluding hydrogens is 392 g/mol. The number of nitrogens with zero attached hydrogens (tertiary/aromatic N) is 3. The van der Waals surface area contributed by atoms with Gasteiger partial charge in [-0.2, -0.15) is 0 Å². The quantitative estimate of drug-likeness (QED) is 0.538. The summed E-state index contributed by atoms with van der Waals surface area (Å²) in [5.41, 5.74) is 4.47. The molecule has 0 fully saturated rings. The van der Waals surface area contributed by atoms with Gasteiger partial charge < -0.3 is 14.8 Å². The van der Waals surface area contributed by atoms with Crippen LogP contribution in [0.4, 0.5) is 0 Å². The van der Waals surface area contributed by atoms with Gasteiger partial charge in [-0.15, -0.1) is 5.10 Å². The molecule has 2 heterocycles. The maximum atomic E-state index is 12.7. The average molecular weight is 414 g/mol. The summed E-state index contributed by atoms with van der Waals surface area (Å²) in [6, 6.07) is 21.0. The molecule has 0 unspecified atom stereocenters. The molecule has 1 N–H and O–H groups in total. The molecule has 31 heavy (non-hydrogen) atoms. The Morgan fingerprint density at radius 2 is 1.81 bits per heavy atom. The Balaban J connectivity index is 1.25. The predicted molar refractivity (Wildman–Crippen MR) is 116 cm³/mol. The highest BCUT2D eigenvalue weighted by Crippen LogP contribution is 2.32. The van der Waals surface area contributed by atoms with Gasteiger partial charge in [0.15, 0.2) is 11.5 Å². The van der Waals surface area contributed by atoms with Crippen LogP contribution in [0.2, 0.25) is 0 Å². The van der Waals surface area contributed by atoms with Crippen molar-refractivity contribution in [3.63, 3.8) is 0 Å². The number of para-hydroxylation sites is 1. The van der Waals surface area contributed by atoms with E-state index < -0.39 is 0 Å². The molecule has 156 valence electrons. The molecule has 7 heteroatoms. The van der Waals surface area contributed by atoms with Crippen molar-refractivity contribution in [2.75, 3.05) is 13.2 Å². The Labute approximate surface area is 179 Å². The molecule has 0 spiro atoms. The Hall–Kier alpha value is -3.87. The van der Waals surface area contributed by atoms with E-state index in [0.29, 0.717) is 25.3 Å². The van der Waals surface area contributed by atoms with Gasteiger partial charge in [-0.1, -0.05) is 35.5 Å². The van der Waals surface area contributed by atoms with Crippen molar-refractivity contribution in [1.29, 1.82) is 0 Å². The minimum atomic E-state index is -0.162. The van der Waals surface area contributed by atoms with Crippen molar-refractivity contribution < 1.29 is 14.3 Å². The molecule has 1 aliphatic rings. The van der Waals surface area contributed by atoms with Crippen LogP contribution in [0.3, 0.4) is 0 Å². The number of carbonyl (C=O) groups is 1. The molecule has 1 aromatic heterocycles. The van der Waals surface area contributed by atoms with Crippen LogP contribution < -0.4 is 14.8 Å². The molecule has 5 rings (SSSR count). The summed E-state index contributed by atoms with van der Waals surface area (Å²) in [4.78, 5) is 12.7. The van der Waals surface area contributed by atoms with Gasteiger partial charge >= 0.3 is 0 Å². The first kappa shape index (κ1) is 19.1. The number of aromatic nitrogens is 3. The minimum absolute atomic E-state index is 0.125. The molecule has 0 bridgehead atoms. The fourth-order valence-electron chi connectivity index (χ4n) is 3.66. The molecular formula is C24H22N4O3. The third kappa shape index (κ3) is 3.94. The highest BCUT2D eigenvalue weighted by atomic mass is 16.6. The second-order valence-corrected chi connectivity index (χ2v) is 7.53. The zero-order valence-electron chi connectivity index (χ0n) is 17.1. The molecule has 3 aromatic carbocycles. The Bertz CT molecular complexity index is 1230. The molecule has 0 aliphatic carbocycles. The number of rotatable bonds is 5. The zero-order valence-corrected chi connectivity index (χ0v) is 17.1. The lowest BCUT2D eigenvalue weighted by Gasteiger charge is -2.21.